The number of allylic oxidation sites excluding steroid dienone is 6. The Labute approximate surface area is 300 Å². The molecule has 5 nitrogen and oxygen atoms in total. The van der Waals surface area contributed by atoms with Gasteiger partial charge in [0.2, 0.25) is 0 Å². The molecule has 0 radical (unpaired) electrons. The second-order valence-electron chi connectivity index (χ2n) is 14.0. The second-order valence-corrected chi connectivity index (χ2v) is 14.0. The fraction of sp³-hybridized carbons (Fsp3) is 0.174. The molecular formula is C46H42N4O. The lowest BCUT2D eigenvalue weighted by Gasteiger charge is -2.29. The highest BCUT2D eigenvalue weighted by atomic mass is 16.3. The van der Waals surface area contributed by atoms with Crippen LogP contribution in [-0.4, -0.2) is 15.1 Å². The minimum absolute atomic E-state index is 0.0463. The van der Waals surface area contributed by atoms with Gasteiger partial charge in [0.05, 0.1) is 0 Å². The summed E-state index contributed by atoms with van der Waals surface area (Å²) in [6.45, 7) is 2.21. The van der Waals surface area contributed by atoms with Crippen LogP contribution < -0.4 is 10.6 Å². The van der Waals surface area contributed by atoms with E-state index in [0.717, 1.165) is 29.8 Å². The van der Waals surface area contributed by atoms with Gasteiger partial charge >= 0.3 is 0 Å². The van der Waals surface area contributed by atoms with Gasteiger partial charge in [-0.05, 0) is 75.9 Å². The highest BCUT2D eigenvalue weighted by Crippen LogP contribution is 2.57. The average Bonchev–Trinajstić information content (AvgIpc) is 3.80. The number of rotatable bonds is 8. The normalized spacial score (nSPS) is 26.6. The molecule has 2 fully saturated rings. The Hall–Kier alpha value is -5.46. The first-order valence-corrected chi connectivity index (χ1v) is 18.1. The van der Waals surface area contributed by atoms with Gasteiger partial charge < -0.3 is 10.4 Å². The molecule has 7 unspecified atom stereocenters. The maximum atomic E-state index is 10.8. The van der Waals surface area contributed by atoms with E-state index in [1.165, 1.54) is 39.0 Å². The second kappa shape index (κ2) is 13.3. The molecule has 0 saturated carbocycles. The number of nitrogens with zero attached hydrogens (tertiary/aromatic N) is 2. The Kier molecular flexibility index (Phi) is 8.25. The van der Waals surface area contributed by atoms with Gasteiger partial charge in [-0.25, -0.2) is 0 Å². The summed E-state index contributed by atoms with van der Waals surface area (Å²) in [5.74, 6) is 0.909. The Morgan fingerprint density at radius 1 is 0.627 bits per heavy atom. The molecule has 9 rings (SSSR count). The van der Waals surface area contributed by atoms with Crippen LogP contribution in [0.25, 0.3) is 16.7 Å². The summed E-state index contributed by atoms with van der Waals surface area (Å²) in [5.41, 5.74) is 11.9. The van der Waals surface area contributed by atoms with Gasteiger partial charge in [0, 0.05) is 22.9 Å². The molecular weight excluding hydrogens is 625 g/mol. The lowest BCUT2D eigenvalue weighted by molar-refractivity contribution is 0.314. The van der Waals surface area contributed by atoms with Crippen molar-refractivity contribution in [3.63, 3.8) is 0 Å². The quantitative estimate of drug-likeness (QED) is 0.144. The van der Waals surface area contributed by atoms with Crippen LogP contribution in [0.15, 0.2) is 181 Å². The molecule has 4 aliphatic rings. The molecule has 0 bridgehead atoms. The molecule has 0 spiro atoms. The molecule has 5 aromatic rings. The van der Waals surface area contributed by atoms with Crippen LogP contribution in [0.1, 0.15) is 60.5 Å². The number of anilines is 1. The van der Waals surface area contributed by atoms with Crippen molar-refractivity contribution in [1.29, 1.82) is 0 Å². The van der Waals surface area contributed by atoms with Gasteiger partial charge in [0.25, 0.3) is 0 Å². The predicted molar refractivity (Wildman–Crippen MR) is 207 cm³/mol. The monoisotopic (exact) mass is 666 g/mol. The van der Waals surface area contributed by atoms with Crippen molar-refractivity contribution in [1.82, 2.24) is 15.3 Å². The van der Waals surface area contributed by atoms with E-state index in [1.54, 1.807) is 0 Å². The zero-order valence-electron chi connectivity index (χ0n) is 28.7. The summed E-state index contributed by atoms with van der Waals surface area (Å²) >= 11 is 0. The highest BCUT2D eigenvalue weighted by Gasteiger charge is 2.60. The van der Waals surface area contributed by atoms with Crippen molar-refractivity contribution in [2.75, 3.05) is 5.32 Å². The molecule has 7 atom stereocenters. The summed E-state index contributed by atoms with van der Waals surface area (Å²) in [5, 5.41) is 23.5. The molecule has 5 aromatic carbocycles. The first kappa shape index (κ1) is 31.5. The van der Waals surface area contributed by atoms with Crippen LogP contribution in [0.4, 0.5) is 5.69 Å². The Bertz CT molecular complexity index is 2140. The first-order chi connectivity index (χ1) is 25.1. The van der Waals surface area contributed by atoms with Crippen molar-refractivity contribution >= 4 is 11.3 Å². The lowest BCUT2D eigenvalue weighted by atomic mass is 9.78. The third-order valence-corrected chi connectivity index (χ3v) is 10.8. The smallest absolute Gasteiger partial charge is 0.119 e. The van der Waals surface area contributed by atoms with E-state index in [0.29, 0.717) is 11.7 Å². The Balaban J connectivity index is 0.969. The van der Waals surface area contributed by atoms with E-state index in [4.69, 9.17) is 0 Å². The zero-order chi connectivity index (χ0) is 34.3. The van der Waals surface area contributed by atoms with E-state index in [-0.39, 0.29) is 24.4 Å². The Morgan fingerprint density at radius 3 is 1.82 bits per heavy atom. The fourth-order valence-electron chi connectivity index (χ4n) is 8.20. The van der Waals surface area contributed by atoms with Gasteiger partial charge in [0.15, 0.2) is 0 Å². The number of aliphatic hydroxyl groups excluding tert-OH is 1. The molecule has 3 N–H and O–H groups in total. The van der Waals surface area contributed by atoms with Crippen molar-refractivity contribution in [3.05, 3.63) is 203 Å². The average molecular weight is 667 g/mol. The van der Waals surface area contributed by atoms with E-state index in [2.05, 4.69) is 185 Å². The van der Waals surface area contributed by atoms with E-state index in [9.17, 15) is 5.11 Å². The maximum Gasteiger partial charge on any atom is 0.119 e. The number of hydrogen-bond acceptors (Lipinski definition) is 5. The SMILES string of the molecule is CC1CC=CC(O)=C1C1C=C(c2ccccc2)C(Nc2ccc(C3NC(c4ccc(-c5ccccc5)cc4)N4C(c5ccccc5)N34)cc2)=CC1. The summed E-state index contributed by atoms with van der Waals surface area (Å²) in [4.78, 5) is 0. The number of fused-ring (bicyclic) bond motifs is 1. The molecule has 0 amide bonds. The van der Waals surface area contributed by atoms with Crippen LogP contribution in [0, 0.1) is 11.8 Å². The minimum atomic E-state index is 0.0463. The molecule has 2 heterocycles. The van der Waals surface area contributed by atoms with E-state index >= 15 is 0 Å². The minimum Gasteiger partial charge on any atom is -0.508 e. The van der Waals surface area contributed by atoms with Crippen LogP contribution in [0.2, 0.25) is 0 Å². The largest absolute Gasteiger partial charge is 0.508 e. The van der Waals surface area contributed by atoms with Crippen LogP contribution in [0.5, 0.6) is 0 Å². The van der Waals surface area contributed by atoms with Gasteiger partial charge in [-0.3, -0.25) is 5.32 Å². The van der Waals surface area contributed by atoms with Gasteiger partial charge in [-0.15, -0.1) is 0 Å². The number of aliphatic hydroxyl groups is 1. The summed E-state index contributed by atoms with van der Waals surface area (Å²) in [7, 11) is 0. The third kappa shape index (κ3) is 6.04. The van der Waals surface area contributed by atoms with Crippen molar-refractivity contribution in [2.45, 2.75) is 38.3 Å². The van der Waals surface area contributed by atoms with Crippen molar-refractivity contribution < 1.29 is 5.11 Å². The number of hydrogen-bond donors (Lipinski definition) is 3. The van der Waals surface area contributed by atoms with Crippen LogP contribution in [0.3, 0.4) is 0 Å². The molecule has 5 heteroatoms. The van der Waals surface area contributed by atoms with E-state index < -0.39 is 0 Å². The Morgan fingerprint density at radius 2 is 1.20 bits per heavy atom. The molecule has 51 heavy (non-hydrogen) atoms. The van der Waals surface area contributed by atoms with Gasteiger partial charge in [-0.2, -0.15) is 10.0 Å². The third-order valence-electron chi connectivity index (χ3n) is 10.8. The summed E-state index contributed by atoms with van der Waals surface area (Å²) in [6.07, 6.45) is 10.7. The zero-order valence-corrected chi connectivity index (χ0v) is 28.7. The molecule has 2 aliphatic heterocycles. The van der Waals surface area contributed by atoms with Crippen LogP contribution in [-0.2, 0) is 0 Å². The maximum absolute atomic E-state index is 10.8. The first-order valence-electron chi connectivity index (χ1n) is 18.1. The van der Waals surface area contributed by atoms with Crippen molar-refractivity contribution in [3.8, 4) is 11.1 Å². The van der Waals surface area contributed by atoms with Gasteiger partial charge in [-0.1, -0.05) is 153 Å². The molecule has 0 aromatic heterocycles. The summed E-state index contributed by atoms with van der Waals surface area (Å²) in [6, 6.07) is 49.8. The highest BCUT2D eigenvalue weighted by molar-refractivity contribution is 5.84. The number of benzene rings is 5. The summed E-state index contributed by atoms with van der Waals surface area (Å²) < 4.78 is 0. The standard InChI is InChI=1S/C46H42N4O/c1-31-12-11-19-42(51)43(31)38-26-29-41(40(30-38)34-15-7-3-8-16-34)47-39-27-24-36(25-28-39)45-48-44(49-46(50(45)49)37-17-9-4-10-18-37)35-22-20-33(21-23-35)32-13-5-2-6-14-32/h2-11,13-25,27-31,38,44-48,51H,12,26H2,1H3. The molecule has 2 saturated heterocycles. The number of hydrazine groups is 1. The van der Waals surface area contributed by atoms with Crippen molar-refractivity contribution in [2.24, 2.45) is 11.8 Å². The molecule has 252 valence electrons. The topological polar surface area (TPSA) is 50.3 Å². The number of nitrogens with one attached hydrogen (secondary N) is 2. The van der Waals surface area contributed by atoms with Crippen LogP contribution >= 0.6 is 0 Å². The molecule has 2 aliphatic carbocycles. The fourth-order valence-corrected chi connectivity index (χ4v) is 8.20. The lowest BCUT2D eigenvalue weighted by Crippen LogP contribution is -2.27. The predicted octanol–water partition coefficient (Wildman–Crippen LogP) is 10.7. The van der Waals surface area contributed by atoms with E-state index in [1.807, 2.05) is 6.08 Å². The van der Waals surface area contributed by atoms with Gasteiger partial charge in [0.1, 0.15) is 24.3 Å².